The molecule has 8 nitrogen and oxygen atoms in total. The second kappa shape index (κ2) is 9.68. The van der Waals surface area contributed by atoms with Gasteiger partial charge in [0.2, 0.25) is 18.6 Å². The smallest absolute Gasteiger partial charge is 0.253 e. The predicted molar refractivity (Wildman–Crippen MR) is 136 cm³/mol. The van der Waals surface area contributed by atoms with Crippen LogP contribution in [0, 0.1) is 19.8 Å². The lowest BCUT2D eigenvalue weighted by Crippen LogP contribution is -2.43. The normalized spacial score (nSPS) is 15.4. The van der Waals surface area contributed by atoms with Gasteiger partial charge in [0.25, 0.3) is 5.56 Å². The number of amides is 2. The number of hydrogen-bond donors (Lipinski definition) is 1. The van der Waals surface area contributed by atoms with Crippen LogP contribution in [0.4, 0.5) is 0 Å². The van der Waals surface area contributed by atoms with Crippen molar-refractivity contribution < 1.29 is 19.1 Å². The zero-order valence-electron chi connectivity index (χ0n) is 20.9. The van der Waals surface area contributed by atoms with E-state index in [1.807, 2.05) is 50.2 Å². The summed E-state index contributed by atoms with van der Waals surface area (Å²) in [4.78, 5) is 45.1. The maximum Gasteiger partial charge on any atom is 0.253 e. The Morgan fingerprint density at radius 2 is 1.78 bits per heavy atom. The van der Waals surface area contributed by atoms with Gasteiger partial charge >= 0.3 is 0 Å². The average molecular weight is 490 g/mol. The maximum absolute atomic E-state index is 13.8. The second-order valence-electron chi connectivity index (χ2n) is 9.83. The van der Waals surface area contributed by atoms with E-state index in [4.69, 9.17) is 9.47 Å². The van der Waals surface area contributed by atoms with Gasteiger partial charge in [-0.25, -0.2) is 0 Å². The van der Waals surface area contributed by atoms with Crippen LogP contribution in [0.5, 0.6) is 11.5 Å². The van der Waals surface area contributed by atoms with Crippen molar-refractivity contribution >= 4 is 22.7 Å². The molecule has 8 heteroatoms. The molecule has 3 aromatic rings. The number of nitrogens with one attached hydrogen (secondary N) is 1. The molecule has 2 aliphatic heterocycles. The molecule has 3 heterocycles. The number of ether oxygens (including phenoxy) is 2. The van der Waals surface area contributed by atoms with E-state index < -0.39 is 0 Å². The molecular weight excluding hydrogens is 458 g/mol. The summed E-state index contributed by atoms with van der Waals surface area (Å²) in [6.45, 7) is 7.42. The summed E-state index contributed by atoms with van der Waals surface area (Å²) in [5.41, 5.74) is 4.20. The highest BCUT2D eigenvalue weighted by Gasteiger charge is 2.30. The fourth-order valence-electron chi connectivity index (χ4n) is 5.23. The van der Waals surface area contributed by atoms with Crippen LogP contribution >= 0.6 is 0 Å². The van der Waals surface area contributed by atoms with Crippen LogP contribution in [0.1, 0.15) is 42.0 Å². The fraction of sp³-hybridized carbons (Fsp3) is 0.393. The highest BCUT2D eigenvalue weighted by atomic mass is 16.7. The molecule has 0 unspecified atom stereocenters. The van der Waals surface area contributed by atoms with E-state index >= 15 is 0 Å². The van der Waals surface area contributed by atoms with E-state index in [-0.39, 0.29) is 36.6 Å². The SMILES string of the molecule is CC(=O)N1CCC(C(=O)N(Cc2ccc3c(c2)OCO3)Cc2cc3cc(C)cc(C)c3[nH]c2=O)CC1. The zero-order chi connectivity index (χ0) is 25.4. The Morgan fingerprint density at radius 3 is 2.53 bits per heavy atom. The first-order valence-electron chi connectivity index (χ1n) is 12.3. The van der Waals surface area contributed by atoms with Gasteiger partial charge in [-0.2, -0.15) is 0 Å². The number of rotatable bonds is 5. The molecule has 1 saturated heterocycles. The number of pyridine rings is 1. The third-order valence-electron chi connectivity index (χ3n) is 7.14. The first-order valence-corrected chi connectivity index (χ1v) is 12.3. The van der Waals surface area contributed by atoms with Gasteiger partial charge in [0.05, 0.1) is 12.1 Å². The summed E-state index contributed by atoms with van der Waals surface area (Å²) < 4.78 is 10.9. The van der Waals surface area contributed by atoms with Gasteiger partial charge in [0.15, 0.2) is 11.5 Å². The van der Waals surface area contributed by atoms with E-state index in [0.29, 0.717) is 49.5 Å². The Hall–Kier alpha value is -3.81. The maximum atomic E-state index is 13.8. The number of H-pyrrole nitrogens is 1. The van der Waals surface area contributed by atoms with Crippen LogP contribution in [-0.4, -0.2) is 46.5 Å². The van der Waals surface area contributed by atoms with Gasteiger partial charge in [0.1, 0.15) is 0 Å². The van der Waals surface area contributed by atoms with Crippen molar-refractivity contribution in [3.63, 3.8) is 0 Å². The molecule has 1 aromatic heterocycles. The van der Waals surface area contributed by atoms with Crippen LogP contribution in [0.3, 0.4) is 0 Å². The molecule has 0 saturated carbocycles. The number of aryl methyl sites for hydroxylation is 2. The minimum Gasteiger partial charge on any atom is -0.454 e. The second-order valence-corrected chi connectivity index (χ2v) is 9.83. The summed E-state index contributed by atoms with van der Waals surface area (Å²) in [5.74, 6) is 1.18. The Bertz CT molecular complexity index is 1390. The van der Waals surface area contributed by atoms with E-state index in [1.165, 1.54) is 0 Å². The van der Waals surface area contributed by atoms with Gasteiger partial charge in [-0.15, -0.1) is 0 Å². The molecule has 2 amide bonds. The number of aromatic nitrogens is 1. The minimum atomic E-state index is -0.196. The summed E-state index contributed by atoms with van der Waals surface area (Å²) >= 11 is 0. The quantitative estimate of drug-likeness (QED) is 0.591. The lowest BCUT2D eigenvalue weighted by atomic mass is 9.94. The van der Waals surface area contributed by atoms with Gasteiger partial charge < -0.3 is 24.3 Å². The fourth-order valence-corrected chi connectivity index (χ4v) is 5.23. The number of nitrogens with zero attached hydrogens (tertiary/aromatic N) is 2. The molecule has 2 aromatic carbocycles. The van der Waals surface area contributed by atoms with Crippen molar-refractivity contribution in [1.82, 2.24) is 14.8 Å². The van der Waals surface area contributed by atoms with Gasteiger partial charge in [-0.05, 0) is 67.5 Å². The van der Waals surface area contributed by atoms with Crippen molar-refractivity contribution in [3.05, 3.63) is 69.0 Å². The predicted octanol–water partition coefficient (Wildman–Crippen LogP) is 3.66. The third kappa shape index (κ3) is 4.80. The lowest BCUT2D eigenvalue weighted by Gasteiger charge is -2.34. The molecule has 0 spiro atoms. The molecule has 1 fully saturated rings. The van der Waals surface area contributed by atoms with E-state index in [0.717, 1.165) is 27.6 Å². The van der Waals surface area contributed by atoms with Crippen molar-refractivity contribution in [2.24, 2.45) is 5.92 Å². The number of benzene rings is 2. The van der Waals surface area contributed by atoms with Crippen LogP contribution < -0.4 is 15.0 Å². The average Bonchev–Trinajstić information content (AvgIpc) is 3.32. The third-order valence-corrected chi connectivity index (χ3v) is 7.14. The van der Waals surface area contributed by atoms with Crippen molar-refractivity contribution in [3.8, 4) is 11.5 Å². The molecule has 5 rings (SSSR count). The number of fused-ring (bicyclic) bond motifs is 2. The highest BCUT2D eigenvalue weighted by molar-refractivity contribution is 5.83. The monoisotopic (exact) mass is 489 g/mol. The number of carbonyl (C=O) groups excluding carboxylic acids is 2. The number of likely N-dealkylation sites (tertiary alicyclic amines) is 1. The van der Waals surface area contributed by atoms with E-state index in [2.05, 4.69) is 4.98 Å². The van der Waals surface area contributed by atoms with E-state index in [9.17, 15) is 14.4 Å². The molecule has 36 heavy (non-hydrogen) atoms. The summed E-state index contributed by atoms with van der Waals surface area (Å²) in [6, 6.07) is 11.6. The first-order chi connectivity index (χ1) is 17.3. The minimum absolute atomic E-state index is 0.00390. The molecule has 1 N–H and O–H groups in total. The van der Waals surface area contributed by atoms with Crippen LogP contribution in [0.25, 0.3) is 10.9 Å². The number of hydrogen-bond acceptors (Lipinski definition) is 5. The van der Waals surface area contributed by atoms with Crippen molar-refractivity contribution in [2.45, 2.75) is 46.7 Å². The highest BCUT2D eigenvalue weighted by Crippen LogP contribution is 2.33. The molecule has 0 radical (unpaired) electrons. The summed E-state index contributed by atoms with van der Waals surface area (Å²) in [5, 5.41) is 0.951. The van der Waals surface area contributed by atoms with Crippen LogP contribution in [0.15, 0.2) is 41.2 Å². The zero-order valence-corrected chi connectivity index (χ0v) is 20.9. The van der Waals surface area contributed by atoms with Gasteiger partial charge in [0, 0.05) is 38.0 Å². The molecule has 0 atom stereocenters. The molecule has 2 aliphatic rings. The molecular formula is C28H31N3O5. The number of aromatic amines is 1. The molecule has 0 bridgehead atoms. The largest absolute Gasteiger partial charge is 0.454 e. The summed E-state index contributed by atoms with van der Waals surface area (Å²) in [7, 11) is 0. The van der Waals surface area contributed by atoms with Crippen molar-refractivity contribution in [2.75, 3.05) is 19.9 Å². The Balaban J connectivity index is 1.45. The van der Waals surface area contributed by atoms with Crippen LogP contribution in [0.2, 0.25) is 0 Å². The topological polar surface area (TPSA) is 91.9 Å². The Labute approximate surface area is 209 Å². The van der Waals surface area contributed by atoms with Gasteiger partial charge in [-0.3, -0.25) is 14.4 Å². The molecule has 0 aliphatic carbocycles. The Kier molecular flexibility index (Phi) is 6.43. The lowest BCUT2D eigenvalue weighted by molar-refractivity contribution is -0.141. The van der Waals surface area contributed by atoms with Crippen LogP contribution in [-0.2, 0) is 22.7 Å². The first kappa shape index (κ1) is 23.9. The van der Waals surface area contributed by atoms with Crippen molar-refractivity contribution in [1.29, 1.82) is 0 Å². The van der Waals surface area contributed by atoms with Gasteiger partial charge in [-0.1, -0.05) is 17.7 Å². The Morgan fingerprint density at radius 1 is 1.03 bits per heavy atom. The number of carbonyl (C=O) groups is 2. The number of piperidine rings is 1. The summed E-state index contributed by atoms with van der Waals surface area (Å²) in [6.07, 6.45) is 1.23. The standard InChI is InChI=1S/C28H31N3O5/c1-17-10-18(2)26-22(11-17)13-23(27(33)29-26)15-31(14-20-4-5-24-25(12-20)36-16-35-24)28(34)21-6-8-30(9-7-21)19(3)32/h4-5,10-13,21H,6-9,14-16H2,1-3H3,(H,29,33). The van der Waals surface area contributed by atoms with E-state index in [1.54, 1.807) is 16.7 Å². The molecule has 188 valence electrons.